The van der Waals surface area contributed by atoms with E-state index in [1.54, 1.807) is 0 Å². The molecule has 84 valence electrons. The maximum atomic E-state index is 12.5. The molecule has 0 spiro atoms. The Morgan fingerprint density at radius 3 is 2.47 bits per heavy atom. The summed E-state index contributed by atoms with van der Waals surface area (Å²) in [4.78, 5) is 3.01. The van der Waals surface area contributed by atoms with Crippen molar-refractivity contribution in [2.45, 2.75) is 18.2 Å². The van der Waals surface area contributed by atoms with Crippen molar-refractivity contribution >= 4 is 35.7 Å². The number of alkyl halides is 2. The zero-order valence-corrected chi connectivity index (χ0v) is 10.5. The summed E-state index contributed by atoms with van der Waals surface area (Å²) in [5, 5.41) is 0. The molecule has 1 heterocycles. The van der Waals surface area contributed by atoms with Gasteiger partial charge in [0.25, 0.3) is 15.5 Å². The molecule has 1 aromatic rings. The molecular weight excluding hydrogens is 316 g/mol. The van der Waals surface area contributed by atoms with Crippen LogP contribution in [0.15, 0.2) is 15.6 Å². The van der Waals surface area contributed by atoms with E-state index in [0.717, 1.165) is 6.20 Å². The lowest BCUT2D eigenvalue weighted by atomic mass is 10.2. The highest BCUT2D eigenvalue weighted by atomic mass is 79.9. The van der Waals surface area contributed by atoms with Crippen LogP contribution in [-0.2, 0) is 9.05 Å². The van der Waals surface area contributed by atoms with Gasteiger partial charge >= 0.3 is 0 Å². The lowest BCUT2D eigenvalue weighted by molar-refractivity contribution is 0.147. The monoisotopic (exact) mass is 319 g/mol. The number of aryl methyl sites for hydroxylation is 1. The second kappa shape index (κ2) is 4.31. The second-order valence-electron chi connectivity index (χ2n) is 2.68. The lowest BCUT2D eigenvalue weighted by Crippen LogP contribution is -2.03. The van der Waals surface area contributed by atoms with Gasteiger partial charge in [-0.05, 0) is 22.9 Å². The van der Waals surface area contributed by atoms with Gasteiger partial charge in [-0.1, -0.05) is 0 Å². The van der Waals surface area contributed by atoms with Gasteiger partial charge < -0.3 is 0 Å². The average Bonchev–Trinajstić information content (AvgIpc) is 2.06. The van der Waals surface area contributed by atoms with Crippen LogP contribution in [0.4, 0.5) is 8.78 Å². The van der Waals surface area contributed by atoms with Crippen molar-refractivity contribution in [3.63, 3.8) is 0 Å². The summed E-state index contributed by atoms with van der Waals surface area (Å²) in [5.41, 5.74) is -0.430. The van der Waals surface area contributed by atoms with Gasteiger partial charge in [0.15, 0.2) is 0 Å². The van der Waals surface area contributed by atoms with Crippen molar-refractivity contribution in [1.29, 1.82) is 0 Å². The fourth-order valence-electron chi connectivity index (χ4n) is 0.976. The number of hydrogen-bond acceptors (Lipinski definition) is 3. The molecule has 1 rings (SSSR count). The normalized spacial score (nSPS) is 12.1. The molecule has 15 heavy (non-hydrogen) atoms. The van der Waals surface area contributed by atoms with Crippen molar-refractivity contribution in [1.82, 2.24) is 4.98 Å². The van der Waals surface area contributed by atoms with E-state index in [4.69, 9.17) is 10.7 Å². The highest BCUT2D eigenvalue weighted by molar-refractivity contribution is 9.10. The van der Waals surface area contributed by atoms with E-state index in [1.807, 2.05) is 0 Å². The van der Waals surface area contributed by atoms with Gasteiger partial charge in [0.05, 0.1) is 15.7 Å². The largest absolute Gasteiger partial charge is 0.266 e. The zero-order valence-electron chi connectivity index (χ0n) is 7.34. The van der Waals surface area contributed by atoms with E-state index >= 15 is 0 Å². The molecular formula is C7H5BrClF2NO2S. The molecule has 0 saturated carbocycles. The topological polar surface area (TPSA) is 47.0 Å². The van der Waals surface area contributed by atoms with Crippen molar-refractivity contribution < 1.29 is 17.2 Å². The first-order valence-corrected chi connectivity index (χ1v) is 6.73. The predicted octanol–water partition coefficient (Wildman–Crippen LogP) is 3.02. The van der Waals surface area contributed by atoms with Crippen LogP contribution in [0.1, 0.15) is 17.7 Å². The second-order valence-corrected chi connectivity index (χ2v) is 5.98. The number of pyridine rings is 1. The molecule has 0 bridgehead atoms. The number of halogens is 4. The quantitative estimate of drug-likeness (QED) is 0.787. The van der Waals surface area contributed by atoms with Crippen LogP contribution in [0, 0.1) is 6.92 Å². The fraction of sp³-hybridized carbons (Fsp3) is 0.286. The molecule has 0 fully saturated rings. The molecule has 0 radical (unpaired) electrons. The summed E-state index contributed by atoms with van der Waals surface area (Å²) in [6.45, 7) is 1.48. The predicted molar refractivity (Wildman–Crippen MR) is 54.7 cm³/mol. The Morgan fingerprint density at radius 1 is 1.53 bits per heavy atom. The van der Waals surface area contributed by atoms with E-state index in [0.29, 0.717) is 0 Å². The summed E-state index contributed by atoms with van der Waals surface area (Å²) in [7, 11) is 0.840. The van der Waals surface area contributed by atoms with Gasteiger partial charge in [-0.3, -0.25) is 4.98 Å². The van der Waals surface area contributed by atoms with Crippen LogP contribution in [0.2, 0.25) is 0 Å². The minimum absolute atomic E-state index is 0.0321. The fourth-order valence-corrected chi connectivity index (χ4v) is 3.51. The van der Waals surface area contributed by atoms with Gasteiger partial charge in [-0.25, -0.2) is 17.2 Å². The highest BCUT2D eigenvalue weighted by Crippen LogP contribution is 2.35. The van der Waals surface area contributed by atoms with E-state index < -0.39 is 25.9 Å². The van der Waals surface area contributed by atoms with Crippen molar-refractivity contribution in [3.05, 3.63) is 21.9 Å². The molecule has 0 N–H and O–H groups in total. The summed E-state index contributed by atoms with van der Waals surface area (Å²) >= 11 is 2.88. The van der Waals surface area contributed by atoms with E-state index in [1.165, 1.54) is 6.92 Å². The van der Waals surface area contributed by atoms with Crippen LogP contribution in [0.3, 0.4) is 0 Å². The minimum Gasteiger partial charge on any atom is -0.260 e. The zero-order chi connectivity index (χ0) is 11.8. The molecule has 8 heteroatoms. The summed E-state index contributed by atoms with van der Waals surface area (Å²) in [6, 6.07) is 0. The third-order valence-electron chi connectivity index (χ3n) is 1.66. The van der Waals surface area contributed by atoms with Crippen molar-refractivity contribution in [3.8, 4) is 0 Å². The SMILES string of the molecule is Cc1ncc(C(F)F)c(S(=O)(=O)Cl)c1Br. The van der Waals surface area contributed by atoms with E-state index in [9.17, 15) is 17.2 Å². The number of rotatable bonds is 2. The molecule has 1 aromatic heterocycles. The van der Waals surface area contributed by atoms with Crippen LogP contribution in [0.5, 0.6) is 0 Å². The van der Waals surface area contributed by atoms with Gasteiger partial charge in [0.1, 0.15) is 4.90 Å². The van der Waals surface area contributed by atoms with E-state index in [-0.39, 0.29) is 10.2 Å². The number of hydrogen-bond donors (Lipinski definition) is 0. The molecule has 0 unspecified atom stereocenters. The third-order valence-corrected chi connectivity index (χ3v) is 4.28. The maximum Gasteiger partial charge on any atom is 0.266 e. The molecule has 0 saturated heterocycles. The van der Waals surface area contributed by atoms with E-state index in [2.05, 4.69) is 20.9 Å². The Morgan fingerprint density at radius 2 is 2.07 bits per heavy atom. The smallest absolute Gasteiger partial charge is 0.260 e. The Balaban J connectivity index is 3.65. The van der Waals surface area contributed by atoms with Crippen molar-refractivity contribution in [2.24, 2.45) is 0 Å². The Hall–Kier alpha value is -0.270. The molecule has 3 nitrogen and oxygen atoms in total. The molecule has 0 aliphatic heterocycles. The maximum absolute atomic E-state index is 12.5. The molecule has 0 aliphatic carbocycles. The first kappa shape index (κ1) is 12.8. The molecule has 0 atom stereocenters. The van der Waals surface area contributed by atoms with Crippen LogP contribution in [0.25, 0.3) is 0 Å². The Kier molecular flexibility index (Phi) is 3.67. The minimum atomic E-state index is -4.23. The van der Waals surface area contributed by atoms with Crippen LogP contribution >= 0.6 is 26.6 Å². The summed E-state index contributed by atoms with van der Waals surface area (Å²) < 4.78 is 47.2. The average molecular weight is 321 g/mol. The Labute approximate surface area is 98.0 Å². The van der Waals surface area contributed by atoms with Gasteiger partial charge in [0.2, 0.25) is 0 Å². The number of aromatic nitrogens is 1. The first-order valence-electron chi connectivity index (χ1n) is 3.63. The van der Waals surface area contributed by atoms with Gasteiger partial charge in [-0.15, -0.1) is 0 Å². The first-order chi connectivity index (χ1) is 6.75. The molecule has 0 aliphatic rings. The number of nitrogens with zero attached hydrogens (tertiary/aromatic N) is 1. The van der Waals surface area contributed by atoms with Crippen LogP contribution in [-0.4, -0.2) is 13.4 Å². The standard InChI is InChI=1S/C7H5BrClF2NO2S/c1-3-5(8)6(15(9,13)14)4(2-12-3)7(10)11/h2,7H,1H3. The lowest BCUT2D eigenvalue weighted by Gasteiger charge is -2.09. The Bertz CT molecular complexity index is 492. The summed E-state index contributed by atoms with van der Waals surface area (Å²) in [5.74, 6) is 0. The summed E-state index contributed by atoms with van der Waals surface area (Å²) in [6.07, 6.45) is -2.14. The highest BCUT2D eigenvalue weighted by Gasteiger charge is 2.26. The van der Waals surface area contributed by atoms with Gasteiger partial charge in [-0.2, -0.15) is 0 Å². The van der Waals surface area contributed by atoms with Crippen molar-refractivity contribution in [2.75, 3.05) is 0 Å². The van der Waals surface area contributed by atoms with Crippen LogP contribution < -0.4 is 0 Å². The third kappa shape index (κ3) is 2.64. The molecule has 0 amide bonds. The molecule has 0 aromatic carbocycles. The van der Waals surface area contributed by atoms with Gasteiger partial charge in [0, 0.05) is 16.9 Å².